The molecule has 132 valence electrons. The lowest BCUT2D eigenvalue weighted by Gasteiger charge is -2.05. The molecule has 0 spiro atoms. The summed E-state index contributed by atoms with van der Waals surface area (Å²) >= 11 is 0. The normalized spacial score (nSPS) is 14.1. The number of para-hydroxylation sites is 1. The zero-order valence-corrected chi connectivity index (χ0v) is 14.8. The Balaban J connectivity index is 1.61. The van der Waals surface area contributed by atoms with Crippen molar-refractivity contribution in [1.82, 2.24) is 24.3 Å². The third-order valence-electron chi connectivity index (χ3n) is 5.56. The van der Waals surface area contributed by atoms with Crippen LogP contribution < -0.4 is 5.32 Å². The van der Waals surface area contributed by atoms with Crippen molar-refractivity contribution in [1.29, 1.82) is 0 Å². The highest BCUT2D eigenvalue weighted by Crippen LogP contribution is 2.38. The van der Waals surface area contributed by atoms with Crippen LogP contribution in [-0.2, 0) is 13.1 Å². The summed E-state index contributed by atoms with van der Waals surface area (Å²) in [5, 5.41) is 4.82. The lowest BCUT2D eigenvalue weighted by atomic mass is 10.0. The van der Waals surface area contributed by atoms with E-state index in [2.05, 4.69) is 67.2 Å². The van der Waals surface area contributed by atoms with Crippen molar-refractivity contribution in [2.45, 2.75) is 13.1 Å². The van der Waals surface area contributed by atoms with E-state index in [0.717, 1.165) is 31.0 Å². The second-order valence-corrected chi connectivity index (χ2v) is 7.08. The molecule has 0 amide bonds. The second kappa shape index (κ2) is 5.59. The maximum atomic E-state index is 4.57. The molecule has 0 fully saturated rings. The van der Waals surface area contributed by atoms with E-state index in [1.807, 2.05) is 24.4 Å². The standard InChI is InChI=1S/C22H19N5/c1-2-8-27-20(13-25-21(27)6-1)18-12-24-11-17(18)19-14-26-9-7-23-10-15-4-3-5-16(19)22(15)26/h1-6,8,11-14,23-24H,7,9-10H2. The van der Waals surface area contributed by atoms with Crippen LogP contribution in [0.25, 0.3) is 38.9 Å². The maximum absolute atomic E-state index is 4.57. The van der Waals surface area contributed by atoms with Crippen LogP contribution in [0.3, 0.4) is 0 Å². The molecule has 0 atom stereocenters. The zero-order chi connectivity index (χ0) is 17.8. The van der Waals surface area contributed by atoms with E-state index in [9.17, 15) is 0 Å². The Bertz CT molecular complexity index is 1290. The first-order valence-electron chi connectivity index (χ1n) is 9.31. The van der Waals surface area contributed by atoms with Crippen molar-refractivity contribution < 1.29 is 0 Å². The number of fused-ring (bicyclic) bond motifs is 1. The van der Waals surface area contributed by atoms with Crippen molar-refractivity contribution in [3.05, 3.63) is 72.9 Å². The molecule has 0 radical (unpaired) electrons. The predicted octanol–water partition coefficient (Wildman–Crippen LogP) is 4.05. The average molecular weight is 353 g/mol. The van der Waals surface area contributed by atoms with Crippen molar-refractivity contribution in [2.24, 2.45) is 0 Å². The fraction of sp³-hybridized carbons (Fsp3) is 0.136. The lowest BCUT2D eigenvalue weighted by Crippen LogP contribution is -2.15. The summed E-state index contributed by atoms with van der Waals surface area (Å²) in [5.41, 5.74) is 8.45. The molecule has 4 aromatic heterocycles. The highest BCUT2D eigenvalue weighted by Gasteiger charge is 2.19. The van der Waals surface area contributed by atoms with Crippen LogP contribution in [0, 0.1) is 0 Å². The molecule has 1 aliphatic heterocycles. The SMILES string of the molecule is c1cc2c3c(c1)c(-c1c[nH]cc1-c1cnc4ccccn14)cn3CCNC2. The number of aromatic nitrogens is 4. The molecule has 0 bridgehead atoms. The van der Waals surface area contributed by atoms with E-state index >= 15 is 0 Å². The van der Waals surface area contributed by atoms with Gasteiger partial charge in [-0.3, -0.25) is 4.40 Å². The Morgan fingerprint density at radius 1 is 0.963 bits per heavy atom. The molecule has 2 N–H and O–H groups in total. The second-order valence-electron chi connectivity index (χ2n) is 7.08. The van der Waals surface area contributed by atoms with E-state index in [-0.39, 0.29) is 0 Å². The number of nitrogens with one attached hydrogen (secondary N) is 2. The number of hydrogen-bond donors (Lipinski definition) is 2. The molecule has 5 aromatic rings. The Hall–Kier alpha value is -3.31. The first-order valence-corrected chi connectivity index (χ1v) is 9.31. The minimum Gasteiger partial charge on any atom is -0.366 e. The maximum Gasteiger partial charge on any atom is 0.137 e. The first-order chi connectivity index (χ1) is 13.4. The van der Waals surface area contributed by atoms with Crippen LogP contribution >= 0.6 is 0 Å². The van der Waals surface area contributed by atoms with Crippen molar-refractivity contribution in [2.75, 3.05) is 6.54 Å². The highest BCUT2D eigenvalue weighted by molar-refractivity contribution is 6.01. The van der Waals surface area contributed by atoms with Gasteiger partial charge in [0.1, 0.15) is 5.65 Å². The molecule has 0 unspecified atom stereocenters. The molecule has 0 saturated heterocycles. The Morgan fingerprint density at radius 3 is 2.93 bits per heavy atom. The lowest BCUT2D eigenvalue weighted by molar-refractivity contribution is 0.632. The largest absolute Gasteiger partial charge is 0.366 e. The Labute approximate surface area is 156 Å². The van der Waals surface area contributed by atoms with Gasteiger partial charge in [0.15, 0.2) is 0 Å². The molecule has 6 rings (SSSR count). The summed E-state index contributed by atoms with van der Waals surface area (Å²) in [6.07, 6.45) is 10.5. The van der Waals surface area contributed by atoms with Crippen LogP contribution in [0.2, 0.25) is 0 Å². The highest BCUT2D eigenvalue weighted by atomic mass is 15.0. The number of aromatic amines is 1. The van der Waals surface area contributed by atoms with E-state index in [0.29, 0.717) is 0 Å². The third-order valence-corrected chi connectivity index (χ3v) is 5.56. The topological polar surface area (TPSA) is 50.1 Å². The first kappa shape index (κ1) is 14.8. The molecule has 5 nitrogen and oxygen atoms in total. The van der Waals surface area contributed by atoms with E-state index in [1.54, 1.807) is 0 Å². The summed E-state index contributed by atoms with van der Waals surface area (Å²) < 4.78 is 4.54. The number of H-pyrrole nitrogens is 1. The van der Waals surface area contributed by atoms with Gasteiger partial charge in [0, 0.05) is 66.5 Å². The minimum absolute atomic E-state index is 0.925. The van der Waals surface area contributed by atoms with E-state index < -0.39 is 0 Å². The molecule has 1 aromatic carbocycles. The van der Waals surface area contributed by atoms with Crippen LogP contribution in [-0.4, -0.2) is 25.5 Å². The number of imidazole rings is 1. The van der Waals surface area contributed by atoms with Crippen molar-refractivity contribution >= 4 is 16.6 Å². The molecule has 27 heavy (non-hydrogen) atoms. The monoisotopic (exact) mass is 353 g/mol. The number of benzene rings is 1. The Kier molecular flexibility index (Phi) is 3.07. The van der Waals surface area contributed by atoms with Gasteiger partial charge in [-0.1, -0.05) is 24.3 Å². The van der Waals surface area contributed by atoms with Gasteiger partial charge in [-0.05, 0) is 17.7 Å². The average Bonchev–Trinajstić information content (AvgIpc) is 3.38. The number of pyridine rings is 1. The zero-order valence-electron chi connectivity index (χ0n) is 14.8. The fourth-order valence-electron chi connectivity index (χ4n) is 4.32. The molecule has 5 heterocycles. The van der Waals surface area contributed by atoms with Gasteiger partial charge in [-0.25, -0.2) is 4.98 Å². The summed E-state index contributed by atoms with van der Waals surface area (Å²) in [7, 11) is 0. The fourth-order valence-corrected chi connectivity index (χ4v) is 4.32. The van der Waals surface area contributed by atoms with E-state index in [1.165, 1.54) is 33.2 Å². The van der Waals surface area contributed by atoms with Gasteiger partial charge >= 0.3 is 0 Å². The van der Waals surface area contributed by atoms with Gasteiger partial charge in [0.25, 0.3) is 0 Å². The summed E-state index contributed by atoms with van der Waals surface area (Å²) in [6.45, 7) is 2.90. The molecule has 1 aliphatic rings. The Morgan fingerprint density at radius 2 is 1.93 bits per heavy atom. The van der Waals surface area contributed by atoms with Crippen molar-refractivity contribution in [3.8, 4) is 22.4 Å². The van der Waals surface area contributed by atoms with Gasteiger partial charge in [-0.15, -0.1) is 0 Å². The molecule has 0 saturated carbocycles. The molecular formula is C22H19N5. The van der Waals surface area contributed by atoms with Gasteiger partial charge in [-0.2, -0.15) is 0 Å². The number of nitrogens with zero attached hydrogens (tertiary/aromatic N) is 3. The van der Waals surface area contributed by atoms with Crippen LogP contribution in [0.4, 0.5) is 0 Å². The smallest absolute Gasteiger partial charge is 0.137 e. The van der Waals surface area contributed by atoms with Crippen molar-refractivity contribution in [3.63, 3.8) is 0 Å². The van der Waals surface area contributed by atoms with Gasteiger partial charge < -0.3 is 14.9 Å². The summed E-state index contributed by atoms with van der Waals surface area (Å²) in [5.74, 6) is 0. The van der Waals surface area contributed by atoms with Crippen LogP contribution in [0.5, 0.6) is 0 Å². The number of hydrogen-bond acceptors (Lipinski definition) is 2. The molecule has 0 aliphatic carbocycles. The van der Waals surface area contributed by atoms with Gasteiger partial charge in [0.05, 0.1) is 17.4 Å². The van der Waals surface area contributed by atoms with Crippen LogP contribution in [0.1, 0.15) is 5.56 Å². The summed E-state index contributed by atoms with van der Waals surface area (Å²) in [4.78, 5) is 7.89. The molecular weight excluding hydrogens is 334 g/mol. The third kappa shape index (κ3) is 2.12. The quantitative estimate of drug-likeness (QED) is 0.503. The molecule has 5 heteroatoms. The van der Waals surface area contributed by atoms with E-state index in [4.69, 9.17) is 0 Å². The predicted molar refractivity (Wildman–Crippen MR) is 108 cm³/mol. The van der Waals surface area contributed by atoms with Gasteiger partial charge in [0.2, 0.25) is 0 Å². The number of rotatable bonds is 2. The van der Waals surface area contributed by atoms with Crippen LogP contribution in [0.15, 0.2) is 67.4 Å². The minimum atomic E-state index is 0.925. The summed E-state index contributed by atoms with van der Waals surface area (Å²) in [6, 6.07) is 12.7.